The van der Waals surface area contributed by atoms with E-state index in [1.54, 1.807) is 6.92 Å². The topological polar surface area (TPSA) is 105 Å². The monoisotopic (exact) mass is 481 g/mol. The minimum absolute atomic E-state index is 0.00947. The molecule has 0 fully saturated rings. The van der Waals surface area contributed by atoms with Crippen LogP contribution in [0.25, 0.3) is 0 Å². The number of benzene rings is 2. The van der Waals surface area contributed by atoms with Crippen LogP contribution in [-0.4, -0.2) is 24.6 Å². The van der Waals surface area contributed by atoms with Crippen LogP contribution >= 0.6 is 19.6 Å². The van der Waals surface area contributed by atoms with E-state index in [1.807, 2.05) is 0 Å². The quantitative estimate of drug-likeness (QED) is 0.228. The number of nitro benzene ring substituents is 1. The summed E-state index contributed by atoms with van der Waals surface area (Å²) in [5.41, 5.74) is -1.18. The summed E-state index contributed by atoms with van der Waals surface area (Å²) in [6, 6.07) is 4.65. The standard InChI is InChI=1S/C18H16ClF3NO7P/c1-3-10-6-13(23(25)26)16(31(27)29-9-17(24)28-2)8-15(10)30-14-5-4-11(7-12(14)19)18(20,21)22/h4-8,31H,3,9H2,1-2H3. The number of nitrogens with zero attached hydrogens (tertiary/aromatic N) is 1. The Hall–Kier alpha value is -2.62. The average molecular weight is 482 g/mol. The van der Waals surface area contributed by atoms with E-state index in [0.29, 0.717) is 11.6 Å². The Morgan fingerprint density at radius 1 is 1.23 bits per heavy atom. The van der Waals surface area contributed by atoms with Crippen molar-refractivity contribution in [3.8, 4) is 11.5 Å². The van der Waals surface area contributed by atoms with E-state index in [9.17, 15) is 32.6 Å². The zero-order valence-corrected chi connectivity index (χ0v) is 17.9. The number of nitro groups is 1. The van der Waals surface area contributed by atoms with Crippen molar-refractivity contribution in [3.05, 3.63) is 56.6 Å². The predicted molar refractivity (Wildman–Crippen MR) is 106 cm³/mol. The molecule has 0 aliphatic heterocycles. The van der Waals surface area contributed by atoms with Crippen LogP contribution in [0.5, 0.6) is 11.5 Å². The van der Waals surface area contributed by atoms with Crippen LogP contribution in [0.15, 0.2) is 30.3 Å². The molecule has 0 spiro atoms. The molecule has 13 heteroatoms. The van der Waals surface area contributed by atoms with Gasteiger partial charge in [-0.2, -0.15) is 13.2 Å². The molecule has 1 atom stereocenters. The molecule has 8 nitrogen and oxygen atoms in total. The maximum absolute atomic E-state index is 12.8. The molecule has 1 unspecified atom stereocenters. The number of methoxy groups -OCH3 is 1. The molecule has 0 aromatic heterocycles. The fraction of sp³-hybridized carbons (Fsp3) is 0.278. The van der Waals surface area contributed by atoms with Gasteiger partial charge in [0.1, 0.15) is 16.8 Å². The van der Waals surface area contributed by atoms with Crippen LogP contribution < -0.4 is 10.0 Å². The van der Waals surface area contributed by atoms with Crippen LogP contribution in [0, 0.1) is 10.1 Å². The van der Waals surface area contributed by atoms with Crippen molar-refractivity contribution in [1.29, 1.82) is 0 Å². The largest absolute Gasteiger partial charge is 0.467 e. The van der Waals surface area contributed by atoms with Gasteiger partial charge in [0, 0.05) is 17.7 Å². The van der Waals surface area contributed by atoms with Crippen molar-refractivity contribution in [2.45, 2.75) is 19.5 Å². The van der Waals surface area contributed by atoms with Crippen molar-refractivity contribution < 1.29 is 41.5 Å². The van der Waals surface area contributed by atoms with E-state index in [2.05, 4.69) is 4.74 Å². The van der Waals surface area contributed by atoms with E-state index in [0.717, 1.165) is 31.4 Å². The molecular weight excluding hydrogens is 466 g/mol. The molecule has 0 aliphatic rings. The van der Waals surface area contributed by atoms with E-state index < -0.39 is 43.0 Å². The fourth-order valence-electron chi connectivity index (χ4n) is 2.44. The second kappa shape index (κ2) is 10.1. The number of rotatable bonds is 8. The van der Waals surface area contributed by atoms with Gasteiger partial charge in [0.05, 0.1) is 22.6 Å². The Kier molecular flexibility index (Phi) is 8.05. The second-order valence-electron chi connectivity index (χ2n) is 5.99. The van der Waals surface area contributed by atoms with Crippen molar-refractivity contribution in [3.63, 3.8) is 0 Å². The Labute approximate surface area is 179 Å². The lowest BCUT2D eigenvalue weighted by atomic mass is 10.1. The second-order valence-corrected chi connectivity index (χ2v) is 7.79. The third kappa shape index (κ3) is 6.19. The van der Waals surface area contributed by atoms with Gasteiger partial charge in [0.15, 0.2) is 6.61 Å². The molecular formula is C18H16ClF3NO7P. The van der Waals surface area contributed by atoms with Crippen LogP contribution in [0.3, 0.4) is 0 Å². The Balaban J connectivity index is 2.46. The molecule has 2 aromatic carbocycles. The SMILES string of the molecule is CCc1cc([N+](=O)[O-])c([PH](=O)OCC(=O)OC)cc1Oc1ccc(C(F)(F)F)cc1Cl. The predicted octanol–water partition coefficient (Wildman–Crippen LogP) is 4.91. The summed E-state index contributed by atoms with van der Waals surface area (Å²) in [5, 5.41) is 10.7. The normalized spacial score (nSPS) is 12.3. The number of halogens is 4. The summed E-state index contributed by atoms with van der Waals surface area (Å²) in [7, 11) is -2.19. The molecule has 0 N–H and O–H groups in total. The molecule has 0 aliphatic carbocycles. The summed E-state index contributed by atoms with van der Waals surface area (Å²) in [6.07, 6.45) is -4.35. The molecule has 0 saturated carbocycles. The number of aryl methyl sites for hydroxylation is 1. The maximum Gasteiger partial charge on any atom is 0.416 e. The van der Waals surface area contributed by atoms with E-state index in [1.165, 1.54) is 0 Å². The highest BCUT2D eigenvalue weighted by Gasteiger charge is 2.31. The lowest BCUT2D eigenvalue weighted by molar-refractivity contribution is -0.383. The van der Waals surface area contributed by atoms with Gasteiger partial charge < -0.3 is 14.0 Å². The lowest BCUT2D eigenvalue weighted by Crippen LogP contribution is -2.12. The smallest absolute Gasteiger partial charge is 0.416 e. The first-order chi connectivity index (χ1) is 14.5. The molecule has 0 bridgehead atoms. The highest BCUT2D eigenvalue weighted by molar-refractivity contribution is 7.48. The summed E-state index contributed by atoms with van der Waals surface area (Å²) in [5.74, 6) is -0.983. The third-order valence-electron chi connectivity index (χ3n) is 4.00. The Morgan fingerprint density at radius 2 is 1.90 bits per heavy atom. The third-order valence-corrected chi connectivity index (χ3v) is 5.55. The van der Waals surface area contributed by atoms with Gasteiger partial charge in [-0.1, -0.05) is 18.5 Å². The number of carbonyl (C=O) groups excluding carboxylic acids is 1. The maximum atomic E-state index is 12.8. The van der Waals surface area contributed by atoms with E-state index >= 15 is 0 Å². The summed E-state index contributed by atoms with van der Waals surface area (Å²) < 4.78 is 65.8. The van der Waals surface area contributed by atoms with Crippen molar-refractivity contribution in [2.75, 3.05) is 13.7 Å². The number of hydrogen-bond acceptors (Lipinski definition) is 7. The molecule has 2 aromatic rings. The number of esters is 1. The van der Waals surface area contributed by atoms with Gasteiger partial charge in [0.25, 0.3) is 5.69 Å². The van der Waals surface area contributed by atoms with E-state index in [4.69, 9.17) is 20.9 Å². The first kappa shape index (κ1) is 24.6. The summed E-state index contributed by atoms with van der Waals surface area (Å²) in [4.78, 5) is 21.8. The summed E-state index contributed by atoms with van der Waals surface area (Å²) in [6.45, 7) is 0.971. The first-order valence-electron chi connectivity index (χ1n) is 8.57. The Bertz CT molecular complexity index is 1030. The van der Waals surface area contributed by atoms with Gasteiger partial charge in [-0.15, -0.1) is 0 Å². The van der Waals surface area contributed by atoms with Crippen LogP contribution in [0.2, 0.25) is 5.02 Å². The van der Waals surface area contributed by atoms with Crippen molar-refractivity contribution in [1.82, 2.24) is 0 Å². The Morgan fingerprint density at radius 3 is 2.42 bits per heavy atom. The van der Waals surface area contributed by atoms with Crippen molar-refractivity contribution in [2.24, 2.45) is 0 Å². The van der Waals surface area contributed by atoms with Gasteiger partial charge in [-0.05, 0) is 24.6 Å². The molecule has 0 amide bonds. The van der Waals surface area contributed by atoms with Crippen LogP contribution in [-0.2, 0) is 31.2 Å². The highest BCUT2D eigenvalue weighted by Crippen LogP contribution is 2.39. The average Bonchev–Trinajstić information content (AvgIpc) is 2.71. The highest BCUT2D eigenvalue weighted by atomic mass is 35.5. The lowest BCUT2D eigenvalue weighted by Gasteiger charge is -2.15. The molecule has 168 valence electrons. The minimum atomic E-state index is -4.60. The number of alkyl halides is 3. The van der Waals surface area contributed by atoms with Crippen molar-refractivity contribution >= 4 is 36.6 Å². The summed E-state index contributed by atoms with van der Waals surface area (Å²) >= 11 is 5.90. The van der Waals surface area contributed by atoms with Gasteiger partial charge in [0.2, 0.25) is 8.03 Å². The van der Waals surface area contributed by atoms with Crippen LogP contribution in [0.1, 0.15) is 18.1 Å². The molecule has 31 heavy (non-hydrogen) atoms. The number of ether oxygens (including phenoxy) is 2. The first-order valence-corrected chi connectivity index (χ1v) is 10.3. The molecule has 0 radical (unpaired) electrons. The van der Waals surface area contributed by atoms with Gasteiger partial charge >= 0.3 is 12.1 Å². The van der Waals surface area contributed by atoms with Gasteiger partial charge in [-0.3, -0.25) is 14.7 Å². The molecule has 2 rings (SSSR count). The van der Waals surface area contributed by atoms with E-state index in [-0.39, 0.29) is 28.2 Å². The number of hydrogen-bond donors (Lipinski definition) is 0. The molecule has 0 saturated heterocycles. The molecule has 0 heterocycles. The zero-order valence-electron chi connectivity index (χ0n) is 16.1. The van der Waals surface area contributed by atoms with Crippen LogP contribution in [0.4, 0.5) is 18.9 Å². The zero-order chi connectivity index (χ0) is 23.3. The number of carbonyl (C=O) groups is 1. The fourth-order valence-corrected chi connectivity index (χ4v) is 3.68. The van der Waals surface area contributed by atoms with Gasteiger partial charge in [-0.25, -0.2) is 4.79 Å². The minimum Gasteiger partial charge on any atom is -0.467 e.